The summed E-state index contributed by atoms with van der Waals surface area (Å²) in [7, 11) is -4.19. The highest BCUT2D eigenvalue weighted by Crippen LogP contribution is 2.34. The highest BCUT2D eigenvalue weighted by molar-refractivity contribution is 7.87. The summed E-state index contributed by atoms with van der Waals surface area (Å²) in [6.07, 6.45) is -0.823. The lowest BCUT2D eigenvalue weighted by Crippen LogP contribution is -2.72. The van der Waals surface area contributed by atoms with Gasteiger partial charge in [-0.15, -0.1) is 0 Å². The van der Waals surface area contributed by atoms with Crippen LogP contribution in [0.5, 0.6) is 0 Å². The highest BCUT2D eigenvalue weighted by Gasteiger charge is 2.60. The first kappa shape index (κ1) is 28.8. The lowest BCUT2D eigenvalue weighted by atomic mass is 9.92. The molecule has 2 heterocycles. The van der Waals surface area contributed by atoms with E-state index in [4.69, 9.17) is 18.9 Å². The Hall–Kier alpha value is -2.45. The molecule has 0 aromatic rings. The number of esters is 3. The summed E-state index contributed by atoms with van der Waals surface area (Å²) in [5, 5.41) is 0. The number of fused-ring (bicyclic) bond motifs is 1. The number of rotatable bonds is 13. The van der Waals surface area contributed by atoms with E-state index in [-0.39, 0.29) is 13.2 Å². The third kappa shape index (κ3) is 8.32. The molecule has 0 bridgehead atoms. The average molecular weight is 522 g/mol. The molecule has 0 radical (unpaired) electrons. The number of piperidine rings is 1. The standard InChI is InChI=1S/C21H35N3O10S/c1-5-6-7-8-9-10-11-22-35(29,30)23-20-19(34-15(4)27)18(33-14(3)26)17(32-13(2)25)16-12-31-21(28)24(16)20/h16-20,22-23H,5-12H2,1-4H3/t16?,17-,18?,19?,20+/m1/s1. The summed E-state index contributed by atoms with van der Waals surface area (Å²) >= 11 is 0. The third-order valence-electron chi connectivity index (χ3n) is 5.59. The molecule has 0 saturated carbocycles. The van der Waals surface area contributed by atoms with E-state index in [0.717, 1.165) is 57.8 Å². The summed E-state index contributed by atoms with van der Waals surface area (Å²) < 4.78 is 51.3. The number of unbranched alkanes of at least 4 members (excludes halogenated alkanes) is 5. The van der Waals surface area contributed by atoms with Gasteiger partial charge in [0.05, 0.1) is 0 Å². The predicted molar refractivity (Wildman–Crippen MR) is 121 cm³/mol. The van der Waals surface area contributed by atoms with E-state index < -0.39 is 64.7 Å². The Balaban J connectivity index is 2.26. The van der Waals surface area contributed by atoms with Crippen LogP contribution in [-0.2, 0) is 43.5 Å². The van der Waals surface area contributed by atoms with Crippen LogP contribution in [0.15, 0.2) is 0 Å². The number of hydrogen-bond donors (Lipinski definition) is 2. The molecule has 0 spiro atoms. The van der Waals surface area contributed by atoms with Gasteiger partial charge in [-0.25, -0.2) is 9.52 Å². The number of nitrogens with zero attached hydrogens (tertiary/aromatic N) is 1. The van der Waals surface area contributed by atoms with Crippen molar-refractivity contribution in [2.75, 3.05) is 13.2 Å². The number of carbonyl (C=O) groups is 4. The Morgan fingerprint density at radius 1 is 0.914 bits per heavy atom. The predicted octanol–water partition coefficient (Wildman–Crippen LogP) is 0.727. The largest absolute Gasteiger partial charge is 0.456 e. The number of carbonyl (C=O) groups excluding carboxylic acids is 4. The minimum Gasteiger partial charge on any atom is -0.456 e. The zero-order valence-corrected chi connectivity index (χ0v) is 21.3. The fourth-order valence-electron chi connectivity index (χ4n) is 4.19. The minimum atomic E-state index is -4.19. The van der Waals surface area contributed by atoms with Crippen LogP contribution in [-0.4, -0.2) is 81.0 Å². The molecular weight excluding hydrogens is 486 g/mol. The highest BCUT2D eigenvalue weighted by atomic mass is 32.2. The number of ether oxygens (including phenoxy) is 4. The Bertz CT molecular complexity index is 881. The van der Waals surface area contributed by atoms with Gasteiger partial charge in [0, 0.05) is 27.3 Å². The number of cyclic esters (lactones) is 1. The molecule has 2 N–H and O–H groups in total. The molecule has 0 aromatic heterocycles. The van der Waals surface area contributed by atoms with E-state index in [1.54, 1.807) is 0 Å². The second-order valence-corrected chi connectivity index (χ2v) is 10.0. The van der Waals surface area contributed by atoms with Crippen molar-refractivity contribution >= 4 is 34.2 Å². The van der Waals surface area contributed by atoms with Crippen LogP contribution in [0, 0.1) is 0 Å². The maximum atomic E-state index is 12.8. The molecule has 2 aliphatic heterocycles. The molecule has 5 atom stereocenters. The van der Waals surface area contributed by atoms with Crippen molar-refractivity contribution in [2.45, 2.75) is 96.7 Å². The van der Waals surface area contributed by atoms with Crippen LogP contribution < -0.4 is 9.44 Å². The van der Waals surface area contributed by atoms with Crippen LogP contribution in [0.25, 0.3) is 0 Å². The van der Waals surface area contributed by atoms with Gasteiger partial charge in [0.15, 0.2) is 18.3 Å². The van der Waals surface area contributed by atoms with Crippen LogP contribution in [0.2, 0.25) is 0 Å². The molecule has 13 nitrogen and oxygen atoms in total. The van der Waals surface area contributed by atoms with E-state index in [9.17, 15) is 27.6 Å². The first-order chi connectivity index (χ1) is 16.5. The second-order valence-electron chi connectivity index (χ2n) is 8.50. The minimum absolute atomic E-state index is 0.156. The normalized spacial score (nSPS) is 26.0. The van der Waals surface area contributed by atoms with Crippen molar-refractivity contribution in [3.05, 3.63) is 0 Å². The molecule has 0 aromatic carbocycles. The Morgan fingerprint density at radius 2 is 1.46 bits per heavy atom. The molecule has 2 saturated heterocycles. The maximum absolute atomic E-state index is 12.8. The van der Waals surface area contributed by atoms with Gasteiger partial charge >= 0.3 is 24.0 Å². The van der Waals surface area contributed by atoms with Crippen molar-refractivity contribution in [1.29, 1.82) is 0 Å². The molecular formula is C21H35N3O10S. The van der Waals surface area contributed by atoms with Gasteiger partial charge in [0.2, 0.25) is 0 Å². The molecule has 35 heavy (non-hydrogen) atoms. The Morgan fingerprint density at radius 3 is 2.06 bits per heavy atom. The summed E-state index contributed by atoms with van der Waals surface area (Å²) in [5.74, 6) is -2.36. The molecule has 2 aliphatic rings. The molecule has 0 aliphatic carbocycles. The lowest BCUT2D eigenvalue weighted by molar-refractivity contribution is -0.207. The van der Waals surface area contributed by atoms with Gasteiger partial charge in [-0.3, -0.25) is 19.3 Å². The zero-order valence-electron chi connectivity index (χ0n) is 20.5. The SMILES string of the molecule is CCCCCCCCNS(=O)(=O)N[C@@H]1C(OC(C)=O)C(OC(C)=O)[C@H](OC(C)=O)C2COC(=O)N21. The quantitative estimate of drug-likeness (QED) is 0.200. The number of amides is 1. The van der Waals surface area contributed by atoms with Gasteiger partial charge < -0.3 is 18.9 Å². The van der Waals surface area contributed by atoms with Gasteiger partial charge in [-0.1, -0.05) is 39.0 Å². The second kappa shape index (κ2) is 13.0. The summed E-state index contributed by atoms with van der Waals surface area (Å²) in [6.45, 7) is 5.29. The van der Waals surface area contributed by atoms with Gasteiger partial charge in [-0.05, 0) is 6.42 Å². The Kier molecular flexibility index (Phi) is 10.7. The topological polar surface area (TPSA) is 167 Å². The molecule has 200 valence electrons. The Labute approximate surface area is 205 Å². The fraction of sp³-hybridized carbons (Fsp3) is 0.810. The molecule has 14 heteroatoms. The molecule has 2 rings (SSSR count). The smallest absolute Gasteiger partial charge is 0.411 e. The average Bonchev–Trinajstić information content (AvgIpc) is 3.12. The molecule has 2 fully saturated rings. The van der Waals surface area contributed by atoms with Crippen LogP contribution in [0.3, 0.4) is 0 Å². The van der Waals surface area contributed by atoms with E-state index in [1.165, 1.54) is 0 Å². The van der Waals surface area contributed by atoms with Gasteiger partial charge in [0.25, 0.3) is 10.2 Å². The summed E-state index contributed by atoms with van der Waals surface area (Å²) in [6, 6.07) is -0.992. The van der Waals surface area contributed by atoms with Gasteiger partial charge in [0.1, 0.15) is 18.8 Å². The first-order valence-corrected chi connectivity index (χ1v) is 13.2. The van der Waals surface area contributed by atoms with Crippen molar-refractivity contribution in [1.82, 2.24) is 14.3 Å². The lowest BCUT2D eigenvalue weighted by Gasteiger charge is -2.47. The first-order valence-electron chi connectivity index (χ1n) is 11.7. The molecule has 1 amide bonds. The van der Waals surface area contributed by atoms with Crippen molar-refractivity contribution in [3.63, 3.8) is 0 Å². The van der Waals surface area contributed by atoms with E-state index in [2.05, 4.69) is 16.4 Å². The van der Waals surface area contributed by atoms with E-state index in [1.807, 2.05) is 0 Å². The maximum Gasteiger partial charge on any atom is 0.411 e. The van der Waals surface area contributed by atoms with E-state index in [0.29, 0.717) is 6.42 Å². The van der Waals surface area contributed by atoms with Crippen LogP contribution in [0.4, 0.5) is 4.79 Å². The third-order valence-corrected chi connectivity index (χ3v) is 6.72. The van der Waals surface area contributed by atoms with E-state index >= 15 is 0 Å². The fourth-order valence-corrected chi connectivity index (χ4v) is 5.25. The van der Waals surface area contributed by atoms with Crippen LogP contribution in [0.1, 0.15) is 66.2 Å². The van der Waals surface area contributed by atoms with Crippen LogP contribution >= 0.6 is 0 Å². The van der Waals surface area contributed by atoms with Crippen molar-refractivity contribution in [2.24, 2.45) is 0 Å². The summed E-state index contributed by atoms with van der Waals surface area (Å²) in [4.78, 5) is 49.0. The summed E-state index contributed by atoms with van der Waals surface area (Å²) in [5.41, 5.74) is 0. The van der Waals surface area contributed by atoms with Crippen molar-refractivity contribution in [3.8, 4) is 0 Å². The molecule has 3 unspecified atom stereocenters. The monoisotopic (exact) mass is 521 g/mol. The zero-order chi connectivity index (χ0) is 26.2. The number of hydrogen-bond acceptors (Lipinski definition) is 10. The number of nitrogens with one attached hydrogen (secondary N) is 2. The van der Waals surface area contributed by atoms with Gasteiger partial charge in [-0.2, -0.15) is 13.1 Å². The van der Waals surface area contributed by atoms with Crippen molar-refractivity contribution < 1.29 is 46.5 Å².